The first-order valence-corrected chi connectivity index (χ1v) is 16.4. The summed E-state index contributed by atoms with van der Waals surface area (Å²) in [6, 6.07) is 1.68. The average molecular weight is 636 g/mol. The van der Waals surface area contributed by atoms with Crippen molar-refractivity contribution >= 4 is 52.6 Å². The molecule has 1 aliphatic rings. The van der Waals surface area contributed by atoms with Crippen LogP contribution in [0.1, 0.15) is 47.8 Å². The van der Waals surface area contributed by atoms with Crippen LogP contribution in [-0.2, 0) is 32.5 Å². The number of rotatable bonds is 12. The standard InChI is InChI=1S/C25H38N3O10PS2/c1-24(2,3)21(31)40-11-9-35-39(34,36-10-12-41-22(32)25(4,5)6)37-14-16-17(29)18(30)20(38-16)28-13-15-7-8-26-19(15)27-23(28)33/h7-8,13,16-18,20,29-30H,9-12,14H2,1-6H3,(H,26,27,33)/t16-,17-,18-,20-/m1/s1. The maximum Gasteiger partial charge on any atom is 0.474 e. The van der Waals surface area contributed by atoms with Crippen molar-refractivity contribution in [1.29, 1.82) is 0 Å². The fraction of sp³-hybridized carbons (Fsp3) is 0.680. The molecule has 1 fully saturated rings. The van der Waals surface area contributed by atoms with Gasteiger partial charge in [0, 0.05) is 40.1 Å². The van der Waals surface area contributed by atoms with Crippen LogP contribution < -0.4 is 5.69 Å². The van der Waals surface area contributed by atoms with Gasteiger partial charge >= 0.3 is 13.5 Å². The zero-order chi connectivity index (χ0) is 30.6. The molecule has 3 heterocycles. The Kier molecular flexibility index (Phi) is 11.4. The van der Waals surface area contributed by atoms with Crippen LogP contribution >= 0.6 is 31.3 Å². The van der Waals surface area contributed by atoms with E-state index in [1.165, 1.54) is 6.20 Å². The maximum atomic E-state index is 13.4. The highest BCUT2D eigenvalue weighted by Crippen LogP contribution is 2.50. The van der Waals surface area contributed by atoms with E-state index < -0.39 is 55.5 Å². The number of aromatic nitrogens is 3. The van der Waals surface area contributed by atoms with Gasteiger partial charge in [-0.05, 0) is 6.07 Å². The number of carbonyl (C=O) groups excluding carboxylic acids is 2. The number of phosphoric acid groups is 1. The molecule has 1 aliphatic heterocycles. The number of fused-ring (bicyclic) bond motifs is 1. The molecule has 0 amide bonds. The Hall–Kier alpha value is -1.55. The molecule has 0 bridgehead atoms. The molecule has 41 heavy (non-hydrogen) atoms. The van der Waals surface area contributed by atoms with Gasteiger partial charge in [-0.2, -0.15) is 4.98 Å². The summed E-state index contributed by atoms with van der Waals surface area (Å²) >= 11 is 2.04. The van der Waals surface area contributed by atoms with Gasteiger partial charge in [-0.25, -0.2) is 9.36 Å². The second kappa shape index (κ2) is 13.8. The monoisotopic (exact) mass is 635 g/mol. The lowest BCUT2D eigenvalue weighted by molar-refractivity contribution is -0.118. The molecule has 0 spiro atoms. The highest BCUT2D eigenvalue weighted by molar-refractivity contribution is 8.14. The van der Waals surface area contributed by atoms with E-state index in [0.29, 0.717) is 11.0 Å². The van der Waals surface area contributed by atoms with Gasteiger partial charge in [-0.15, -0.1) is 0 Å². The van der Waals surface area contributed by atoms with Crippen molar-refractivity contribution in [2.24, 2.45) is 10.8 Å². The molecule has 13 nitrogen and oxygen atoms in total. The molecule has 0 unspecified atom stereocenters. The normalized spacial score (nSPS) is 22.0. The fourth-order valence-electron chi connectivity index (χ4n) is 3.49. The van der Waals surface area contributed by atoms with Gasteiger partial charge in [0.25, 0.3) is 0 Å². The summed E-state index contributed by atoms with van der Waals surface area (Å²) in [4.78, 5) is 43.6. The topological polar surface area (TPSA) is 179 Å². The minimum absolute atomic E-state index is 0.0695. The van der Waals surface area contributed by atoms with E-state index in [1.807, 2.05) is 0 Å². The third-order valence-electron chi connectivity index (χ3n) is 5.83. The van der Waals surface area contributed by atoms with E-state index in [4.69, 9.17) is 18.3 Å². The molecule has 0 saturated carbocycles. The Balaban J connectivity index is 1.64. The van der Waals surface area contributed by atoms with Gasteiger partial charge < -0.3 is 19.9 Å². The zero-order valence-corrected chi connectivity index (χ0v) is 26.4. The van der Waals surface area contributed by atoms with Crippen molar-refractivity contribution in [2.75, 3.05) is 31.3 Å². The molecule has 3 rings (SSSR count). The summed E-state index contributed by atoms with van der Waals surface area (Å²) in [6.45, 7) is 9.90. The maximum absolute atomic E-state index is 13.4. The number of aliphatic hydroxyl groups is 2. The summed E-state index contributed by atoms with van der Waals surface area (Å²) in [6.07, 6.45) is -2.44. The second-order valence-electron chi connectivity index (χ2n) is 11.4. The lowest BCUT2D eigenvalue weighted by Crippen LogP contribution is -2.36. The van der Waals surface area contributed by atoms with E-state index in [9.17, 15) is 29.2 Å². The Morgan fingerprint density at radius 3 is 2.12 bits per heavy atom. The van der Waals surface area contributed by atoms with Crippen molar-refractivity contribution in [1.82, 2.24) is 14.5 Å². The Labute approximate surface area is 246 Å². The van der Waals surface area contributed by atoms with Crippen molar-refractivity contribution < 1.29 is 42.7 Å². The smallest absolute Gasteiger partial charge is 0.387 e. The average Bonchev–Trinajstić information content (AvgIpc) is 3.45. The summed E-state index contributed by atoms with van der Waals surface area (Å²) < 4.78 is 36.6. The van der Waals surface area contributed by atoms with Crippen LogP contribution in [0.5, 0.6) is 0 Å². The van der Waals surface area contributed by atoms with E-state index in [2.05, 4.69) is 9.97 Å². The van der Waals surface area contributed by atoms with Gasteiger partial charge in [-0.3, -0.25) is 27.7 Å². The van der Waals surface area contributed by atoms with Gasteiger partial charge in [0.2, 0.25) is 0 Å². The van der Waals surface area contributed by atoms with E-state index in [-0.39, 0.29) is 35.0 Å². The van der Waals surface area contributed by atoms with Crippen molar-refractivity contribution in [3.05, 3.63) is 28.9 Å². The number of hydrogen-bond donors (Lipinski definition) is 3. The third-order valence-corrected chi connectivity index (χ3v) is 9.78. The predicted molar refractivity (Wildman–Crippen MR) is 156 cm³/mol. The quantitative estimate of drug-likeness (QED) is 0.229. The third kappa shape index (κ3) is 9.22. The summed E-state index contributed by atoms with van der Waals surface area (Å²) in [7, 11) is -4.25. The van der Waals surface area contributed by atoms with Crippen LogP contribution in [0.3, 0.4) is 0 Å². The first kappa shape index (κ1) is 33.9. The lowest BCUT2D eigenvalue weighted by Gasteiger charge is -2.22. The molecular weight excluding hydrogens is 597 g/mol. The van der Waals surface area contributed by atoms with Crippen LogP contribution in [0.15, 0.2) is 23.3 Å². The van der Waals surface area contributed by atoms with Crippen LogP contribution in [-0.4, -0.2) is 84.6 Å². The Bertz CT molecular complexity index is 1280. The Morgan fingerprint density at radius 2 is 1.59 bits per heavy atom. The number of nitrogens with zero attached hydrogens (tertiary/aromatic N) is 2. The molecular formula is C25H38N3O10PS2. The van der Waals surface area contributed by atoms with E-state index in [0.717, 1.165) is 28.1 Å². The molecule has 16 heteroatoms. The van der Waals surface area contributed by atoms with Crippen molar-refractivity contribution in [3.8, 4) is 0 Å². The van der Waals surface area contributed by atoms with Gasteiger partial charge in [-0.1, -0.05) is 65.1 Å². The minimum Gasteiger partial charge on any atom is -0.387 e. The molecule has 0 aliphatic carbocycles. The van der Waals surface area contributed by atoms with Crippen LogP contribution in [0, 0.1) is 10.8 Å². The zero-order valence-electron chi connectivity index (χ0n) is 23.9. The lowest BCUT2D eigenvalue weighted by atomic mass is 9.99. The number of aromatic amines is 1. The van der Waals surface area contributed by atoms with Gasteiger partial charge in [0.05, 0.1) is 19.8 Å². The molecule has 4 atom stereocenters. The first-order chi connectivity index (χ1) is 19.0. The molecule has 0 radical (unpaired) electrons. The van der Waals surface area contributed by atoms with Crippen LogP contribution in [0.4, 0.5) is 0 Å². The molecule has 1 saturated heterocycles. The molecule has 0 aromatic carbocycles. The molecule has 2 aromatic rings. The van der Waals surface area contributed by atoms with Crippen molar-refractivity contribution in [2.45, 2.75) is 66.1 Å². The number of phosphoric ester groups is 1. The van der Waals surface area contributed by atoms with Crippen molar-refractivity contribution in [3.63, 3.8) is 0 Å². The highest BCUT2D eigenvalue weighted by atomic mass is 32.2. The molecule has 230 valence electrons. The van der Waals surface area contributed by atoms with Crippen LogP contribution in [0.25, 0.3) is 11.0 Å². The predicted octanol–water partition coefficient (Wildman–Crippen LogP) is 3.11. The number of aliphatic hydroxyl groups excluding tert-OH is 2. The number of nitrogens with one attached hydrogen (secondary N) is 1. The minimum atomic E-state index is -4.25. The fourth-order valence-corrected chi connectivity index (χ4v) is 6.49. The summed E-state index contributed by atoms with van der Waals surface area (Å²) in [5.74, 6) is 0.371. The molecule has 3 N–H and O–H groups in total. The number of thioether (sulfide) groups is 2. The first-order valence-electron chi connectivity index (χ1n) is 13.0. The second-order valence-corrected chi connectivity index (χ2v) is 15.2. The largest absolute Gasteiger partial charge is 0.474 e. The number of ether oxygens (including phenoxy) is 1. The van der Waals surface area contributed by atoms with Gasteiger partial charge in [0.15, 0.2) is 16.5 Å². The van der Waals surface area contributed by atoms with Gasteiger partial charge in [0.1, 0.15) is 24.0 Å². The number of hydrogen-bond acceptors (Lipinski definition) is 13. The highest BCUT2D eigenvalue weighted by Gasteiger charge is 2.45. The number of carbonyl (C=O) groups is 2. The van der Waals surface area contributed by atoms with E-state index in [1.54, 1.807) is 53.8 Å². The summed E-state index contributed by atoms with van der Waals surface area (Å²) in [5, 5.41) is 21.7. The SMILES string of the molecule is CC(C)(C)C(=O)SCCOP(=O)(OCCSC(=O)C(C)(C)C)OC[C@H]1O[C@@H](n2cc3cc[nH]c3nc2=O)[C@H](O)[C@@H]1O. The molecule has 2 aromatic heterocycles. The number of H-pyrrole nitrogens is 1. The van der Waals surface area contributed by atoms with E-state index >= 15 is 0 Å². The summed E-state index contributed by atoms with van der Waals surface area (Å²) in [5.41, 5.74) is -1.47. The Morgan fingerprint density at radius 1 is 1.02 bits per heavy atom. The van der Waals surface area contributed by atoms with Crippen LogP contribution in [0.2, 0.25) is 0 Å².